The highest BCUT2D eigenvalue weighted by atomic mass is 16.3. The molecule has 0 atom stereocenters. The quantitative estimate of drug-likeness (QED) is 0.707. The van der Waals surface area contributed by atoms with Crippen LogP contribution in [0.1, 0.15) is 11.1 Å². The molecule has 0 unspecified atom stereocenters. The predicted octanol–water partition coefficient (Wildman–Crippen LogP) is 2.94. The lowest BCUT2D eigenvalue weighted by atomic mass is 10.1. The molecule has 0 bridgehead atoms. The molecule has 0 spiro atoms. The van der Waals surface area contributed by atoms with Crippen molar-refractivity contribution in [2.45, 2.75) is 6.42 Å². The molecule has 0 amide bonds. The van der Waals surface area contributed by atoms with Gasteiger partial charge in [0.15, 0.2) is 0 Å². The maximum absolute atomic E-state index is 9.18. The van der Waals surface area contributed by atoms with Crippen molar-refractivity contribution in [3.63, 3.8) is 0 Å². The number of nitrogens with one attached hydrogen (secondary N) is 1. The van der Waals surface area contributed by atoms with E-state index in [2.05, 4.69) is 11.4 Å². The van der Waals surface area contributed by atoms with Crippen LogP contribution in [0.5, 0.6) is 11.5 Å². The average molecular weight is 269 g/mol. The van der Waals surface area contributed by atoms with E-state index < -0.39 is 0 Å². The van der Waals surface area contributed by atoms with Gasteiger partial charge in [-0.25, -0.2) is 0 Å². The van der Waals surface area contributed by atoms with E-state index in [0.717, 1.165) is 25.1 Å². The van der Waals surface area contributed by atoms with E-state index in [1.807, 2.05) is 30.3 Å². The van der Waals surface area contributed by atoms with Gasteiger partial charge in [0.05, 0.1) is 0 Å². The Kier molecular flexibility index (Phi) is 5.21. The van der Waals surface area contributed by atoms with Crippen LogP contribution in [-0.4, -0.2) is 23.3 Å². The lowest BCUT2D eigenvalue weighted by Crippen LogP contribution is -2.16. The first-order valence-electron chi connectivity index (χ1n) is 6.68. The normalized spacial score (nSPS) is 11.0. The topological polar surface area (TPSA) is 52.5 Å². The molecule has 0 saturated carbocycles. The third-order valence-electron chi connectivity index (χ3n) is 2.99. The second-order valence-corrected chi connectivity index (χ2v) is 4.61. The van der Waals surface area contributed by atoms with Crippen LogP contribution in [0.15, 0.2) is 54.6 Å². The number of aromatic hydroxyl groups is 2. The molecule has 20 heavy (non-hydrogen) atoms. The predicted molar refractivity (Wildman–Crippen MR) is 81.8 cm³/mol. The van der Waals surface area contributed by atoms with Crippen LogP contribution in [0.4, 0.5) is 0 Å². The molecule has 0 aliphatic rings. The van der Waals surface area contributed by atoms with E-state index in [-0.39, 0.29) is 5.75 Å². The zero-order valence-electron chi connectivity index (χ0n) is 11.3. The minimum absolute atomic E-state index is 0.286. The maximum Gasteiger partial charge on any atom is 0.115 e. The third-order valence-corrected chi connectivity index (χ3v) is 2.99. The second kappa shape index (κ2) is 7.36. The van der Waals surface area contributed by atoms with E-state index in [9.17, 15) is 10.2 Å². The van der Waals surface area contributed by atoms with Crippen molar-refractivity contribution >= 4 is 6.08 Å². The Bertz CT molecular complexity index is 544. The summed E-state index contributed by atoms with van der Waals surface area (Å²) in [5.74, 6) is 0.590. The highest BCUT2D eigenvalue weighted by molar-refractivity contribution is 5.50. The molecular formula is C17H19NO2. The number of phenols is 2. The molecule has 0 saturated heterocycles. The third kappa shape index (κ3) is 4.78. The second-order valence-electron chi connectivity index (χ2n) is 4.61. The summed E-state index contributed by atoms with van der Waals surface area (Å²) < 4.78 is 0. The average Bonchev–Trinajstić information content (AvgIpc) is 2.46. The summed E-state index contributed by atoms with van der Waals surface area (Å²) in [5.41, 5.74) is 2.28. The molecule has 0 fully saturated rings. The molecule has 2 aromatic rings. The Morgan fingerprint density at radius 2 is 1.45 bits per heavy atom. The van der Waals surface area contributed by atoms with Crippen molar-refractivity contribution in [1.29, 1.82) is 0 Å². The summed E-state index contributed by atoms with van der Waals surface area (Å²) in [6, 6.07) is 14.4. The largest absolute Gasteiger partial charge is 0.508 e. The molecule has 104 valence electrons. The minimum atomic E-state index is 0.286. The van der Waals surface area contributed by atoms with Crippen molar-refractivity contribution in [2.75, 3.05) is 13.1 Å². The Hall–Kier alpha value is -2.26. The fourth-order valence-corrected chi connectivity index (χ4v) is 1.86. The van der Waals surface area contributed by atoms with Crippen LogP contribution in [0.2, 0.25) is 0 Å². The summed E-state index contributed by atoms with van der Waals surface area (Å²) in [4.78, 5) is 0. The molecule has 2 rings (SSSR count). The highest BCUT2D eigenvalue weighted by Gasteiger charge is 1.93. The van der Waals surface area contributed by atoms with Crippen LogP contribution in [0.25, 0.3) is 6.08 Å². The first-order chi connectivity index (χ1) is 9.74. The zero-order chi connectivity index (χ0) is 14.2. The zero-order valence-corrected chi connectivity index (χ0v) is 11.3. The molecule has 0 aromatic heterocycles. The van der Waals surface area contributed by atoms with Gasteiger partial charge in [-0.05, 0) is 48.4 Å². The van der Waals surface area contributed by atoms with E-state index in [4.69, 9.17) is 0 Å². The van der Waals surface area contributed by atoms with Crippen molar-refractivity contribution in [3.8, 4) is 11.5 Å². The smallest absolute Gasteiger partial charge is 0.115 e. The van der Waals surface area contributed by atoms with Gasteiger partial charge >= 0.3 is 0 Å². The molecule has 3 nitrogen and oxygen atoms in total. The number of benzene rings is 2. The van der Waals surface area contributed by atoms with Crippen LogP contribution >= 0.6 is 0 Å². The Balaban J connectivity index is 1.66. The highest BCUT2D eigenvalue weighted by Crippen LogP contribution is 2.11. The Labute approximate surface area is 119 Å². The number of hydrogen-bond acceptors (Lipinski definition) is 3. The summed E-state index contributed by atoms with van der Waals surface area (Å²) in [5, 5.41) is 21.7. The lowest BCUT2D eigenvalue weighted by Gasteiger charge is -2.02. The van der Waals surface area contributed by atoms with E-state index in [1.165, 1.54) is 5.56 Å². The maximum atomic E-state index is 9.18. The van der Waals surface area contributed by atoms with E-state index in [1.54, 1.807) is 24.3 Å². The van der Waals surface area contributed by atoms with E-state index >= 15 is 0 Å². The molecule has 0 radical (unpaired) electrons. The van der Waals surface area contributed by atoms with Crippen LogP contribution in [0, 0.1) is 0 Å². The Morgan fingerprint density at radius 3 is 2.10 bits per heavy atom. The van der Waals surface area contributed by atoms with Gasteiger partial charge in [0.2, 0.25) is 0 Å². The number of phenolic OH excluding ortho intramolecular Hbond substituents is 2. The number of rotatable bonds is 6. The summed E-state index contributed by atoms with van der Waals surface area (Å²) in [6.07, 6.45) is 5.02. The van der Waals surface area contributed by atoms with Gasteiger partial charge in [0.1, 0.15) is 11.5 Å². The Morgan fingerprint density at radius 1 is 0.850 bits per heavy atom. The van der Waals surface area contributed by atoms with Crippen molar-refractivity contribution in [2.24, 2.45) is 0 Å². The first-order valence-corrected chi connectivity index (χ1v) is 6.68. The fraction of sp³-hybridized carbons (Fsp3) is 0.176. The summed E-state index contributed by atoms with van der Waals surface area (Å²) in [7, 11) is 0. The molecule has 3 heteroatoms. The van der Waals surface area contributed by atoms with Crippen molar-refractivity contribution in [3.05, 3.63) is 65.7 Å². The van der Waals surface area contributed by atoms with Gasteiger partial charge in [-0.1, -0.05) is 36.4 Å². The van der Waals surface area contributed by atoms with Crippen molar-refractivity contribution in [1.82, 2.24) is 5.32 Å². The minimum Gasteiger partial charge on any atom is -0.508 e. The monoisotopic (exact) mass is 269 g/mol. The number of hydrogen-bond donors (Lipinski definition) is 3. The van der Waals surface area contributed by atoms with Crippen molar-refractivity contribution < 1.29 is 10.2 Å². The van der Waals surface area contributed by atoms with Crippen LogP contribution < -0.4 is 5.32 Å². The standard InChI is InChI=1S/C17H19NO2/c19-16-7-3-14(4-8-16)2-1-12-18-13-11-15-5-9-17(20)10-6-15/h1-10,18-20H,11-13H2/b2-1+. The molecular weight excluding hydrogens is 250 g/mol. The van der Waals surface area contributed by atoms with Gasteiger partial charge < -0.3 is 15.5 Å². The van der Waals surface area contributed by atoms with Crippen LogP contribution in [0.3, 0.4) is 0 Å². The molecule has 3 N–H and O–H groups in total. The van der Waals surface area contributed by atoms with Gasteiger partial charge in [-0.2, -0.15) is 0 Å². The van der Waals surface area contributed by atoms with Gasteiger partial charge in [-0.3, -0.25) is 0 Å². The molecule has 0 aliphatic carbocycles. The van der Waals surface area contributed by atoms with Gasteiger partial charge in [-0.15, -0.1) is 0 Å². The molecule has 2 aromatic carbocycles. The van der Waals surface area contributed by atoms with E-state index in [0.29, 0.717) is 5.75 Å². The lowest BCUT2D eigenvalue weighted by molar-refractivity contribution is 0.474. The molecule has 0 aliphatic heterocycles. The van der Waals surface area contributed by atoms with Gasteiger partial charge in [0.25, 0.3) is 0 Å². The summed E-state index contributed by atoms with van der Waals surface area (Å²) in [6.45, 7) is 1.70. The first kappa shape index (κ1) is 14.2. The fourth-order valence-electron chi connectivity index (χ4n) is 1.86. The SMILES string of the molecule is Oc1ccc(/C=C/CNCCc2ccc(O)cc2)cc1. The molecule has 0 heterocycles. The summed E-state index contributed by atoms with van der Waals surface area (Å²) >= 11 is 0. The van der Waals surface area contributed by atoms with Crippen LogP contribution in [-0.2, 0) is 6.42 Å². The van der Waals surface area contributed by atoms with Gasteiger partial charge in [0, 0.05) is 6.54 Å².